The van der Waals surface area contributed by atoms with Crippen LogP contribution in [0, 0.1) is 0 Å². The van der Waals surface area contributed by atoms with Crippen molar-refractivity contribution in [1.82, 2.24) is 0 Å². The monoisotopic (exact) mass is 233 g/mol. The van der Waals surface area contributed by atoms with Gasteiger partial charge in [0.05, 0.1) is 6.61 Å². The molecule has 0 fully saturated rings. The summed E-state index contributed by atoms with van der Waals surface area (Å²) in [5.74, 6) is -1.57. The summed E-state index contributed by atoms with van der Waals surface area (Å²) in [7, 11) is 0. The van der Waals surface area contributed by atoms with E-state index < -0.39 is 36.9 Å². The Kier molecular flexibility index (Phi) is 4.25. The fourth-order valence-electron chi connectivity index (χ4n) is 1.45. The Balaban J connectivity index is 2.74. The van der Waals surface area contributed by atoms with Crippen LogP contribution in [-0.4, -0.2) is 57.4 Å². The Bertz CT molecular complexity index is 292. The second kappa shape index (κ2) is 5.26. The van der Waals surface area contributed by atoms with E-state index in [4.69, 9.17) is 20.7 Å². The molecule has 0 saturated carbocycles. The van der Waals surface area contributed by atoms with Crippen molar-refractivity contribution in [3.05, 3.63) is 11.8 Å². The quantitative estimate of drug-likeness (QED) is 0.371. The first-order valence-electron chi connectivity index (χ1n) is 4.80. The number of aliphatic carboxylic acids is 1. The molecular formula is C9H15NO6. The molecule has 1 aliphatic rings. The van der Waals surface area contributed by atoms with Gasteiger partial charge in [-0.25, -0.2) is 4.79 Å². The van der Waals surface area contributed by atoms with Gasteiger partial charge in [0.2, 0.25) is 5.76 Å². The van der Waals surface area contributed by atoms with E-state index in [2.05, 4.69) is 0 Å². The van der Waals surface area contributed by atoms with Crippen LogP contribution in [0.1, 0.15) is 6.42 Å². The summed E-state index contributed by atoms with van der Waals surface area (Å²) in [4.78, 5) is 10.6. The van der Waals surface area contributed by atoms with Gasteiger partial charge in [-0.2, -0.15) is 0 Å². The zero-order valence-electron chi connectivity index (χ0n) is 8.48. The first-order chi connectivity index (χ1) is 7.47. The highest BCUT2D eigenvalue weighted by Gasteiger charge is 2.36. The van der Waals surface area contributed by atoms with Gasteiger partial charge in [-0.1, -0.05) is 0 Å². The van der Waals surface area contributed by atoms with Crippen molar-refractivity contribution in [2.24, 2.45) is 5.73 Å². The number of carbonyl (C=O) groups is 1. The van der Waals surface area contributed by atoms with Gasteiger partial charge in [0, 0.05) is 6.04 Å². The van der Waals surface area contributed by atoms with Crippen LogP contribution >= 0.6 is 0 Å². The number of hydrogen-bond acceptors (Lipinski definition) is 6. The molecule has 0 saturated heterocycles. The minimum absolute atomic E-state index is 0.224. The summed E-state index contributed by atoms with van der Waals surface area (Å²) in [5, 5.41) is 36.1. The predicted molar refractivity (Wildman–Crippen MR) is 52.3 cm³/mol. The molecule has 0 aliphatic carbocycles. The summed E-state index contributed by atoms with van der Waals surface area (Å²) in [6.07, 6.45) is -2.35. The van der Waals surface area contributed by atoms with E-state index in [9.17, 15) is 15.0 Å². The van der Waals surface area contributed by atoms with Crippen LogP contribution in [-0.2, 0) is 9.53 Å². The third-order valence-electron chi connectivity index (χ3n) is 2.39. The van der Waals surface area contributed by atoms with Gasteiger partial charge in [-0.3, -0.25) is 0 Å². The van der Waals surface area contributed by atoms with E-state index in [0.29, 0.717) is 0 Å². The molecule has 7 nitrogen and oxygen atoms in total. The summed E-state index contributed by atoms with van der Waals surface area (Å²) >= 11 is 0. The summed E-state index contributed by atoms with van der Waals surface area (Å²) < 4.78 is 4.96. The van der Waals surface area contributed by atoms with Gasteiger partial charge >= 0.3 is 5.97 Å². The molecule has 0 aromatic carbocycles. The molecule has 1 heterocycles. The van der Waals surface area contributed by atoms with E-state index in [1.165, 1.54) is 6.08 Å². The standard InChI is InChI=1S/C9H15NO6/c10-4-1-2-6(9(14)15)16-8(4)7(13)5(12)3-11/h2,4-5,7-8,11-13H,1,3,10H2,(H,14,15)/t4-,5-,7-,8-/m1/s1. The molecule has 16 heavy (non-hydrogen) atoms. The normalized spacial score (nSPS) is 28.9. The van der Waals surface area contributed by atoms with E-state index >= 15 is 0 Å². The molecule has 6 N–H and O–H groups in total. The molecule has 0 bridgehead atoms. The number of nitrogens with two attached hydrogens (primary N) is 1. The van der Waals surface area contributed by atoms with Crippen molar-refractivity contribution in [2.45, 2.75) is 30.8 Å². The van der Waals surface area contributed by atoms with Crippen molar-refractivity contribution in [1.29, 1.82) is 0 Å². The first kappa shape index (κ1) is 12.9. The number of carboxylic acid groups (broad SMARTS) is 1. The number of rotatable bonds is 4. The van der Waals surface area contributed by atoms with Crippen LogP contribution < -0.4 is 5.73 Å². The fraction of sp³-hybridized carbons (Fsp3) is 0.667. The fourth-order valence-corrected chi connectivity index (χ4v) is 1.45. The maximum atomic E-state index is 10.6. The Hall–Kier alpha value is -1.15. The molecule has 1 aliphatic heterocycles. The van der Waals surface area contributed by atoms with E-state index in [1.807, 2.05) is 0 Å². The second-order valence-corrected chi connectivity index (χ2v) is 3.60. The van der Waals surface area contributed by atoms with Gasteiger partial charge in [0.25, 0.3) is 0 Å². The molecule has 0 spiro atoms. The number of ether oxygens (including phenoxy) is 1. The van der Waals surface area contributed by atoms with Crippen molar-refractivity contribution in [3.8, 4) is 0 Å². The molecule has 0 amide bonds. The maximum Gasteiger partial charge on any atom is 0.370 e. The van der Waals surface area contributed by atoms with Gasteiger partial charge in [-0.15, -0.1) is 0 Å². The largest absolute Gasteiger partial charge is 0.479 e. The molecule has 4 atom stereocenters. The lowest BCUT2D eigenvalue weighted by Crippen LogP contribution is -2.52. The molecular weight excluding hydrogens is 218 g/mol. The highest BCUT2D eigenvalue weighted by Crippen LogP contribution is 2.20. The van der Waals surface area contributed by atoms with Crippen LogP contribution in [0.15, 0.2) is 11.8 Å². The number of aliphatic hydroxyl groups excluding tert-OH is 3. The molecule has 0 aromatic heterocycles. The average Bonchev–Trinajstić information content (AvgIpc) is 2.27. The average molecular weight is 233 g/mol. The molecule has 7 heteroatoms. The Morgan fingerprint density at radius 3 is 2.75 bits per heavy atom. The second-order valence-electron chi connectivity index (χ2n) is 3.60. The third-order valence-corrected chi connectivity index (χ3v) is 2.39. The number of carboxylic acids is 1. The van der Waals surface area contributed by atoms with E-state index in [-0.39, 0.29) is 12.2 Å². The smallest absolute Gasteiger partial charge is 0.370 e. The van der Waals surface area contributed by atoms with Crippen LogP contribution in [0.3, 0.4) is 0 Å². The lowest BCUT2D eigenvalue weighted by Gasteiger charge is -2.33. The highest BCUT2D eigenvalue weighted by molar-refractivity contribution is 5.84. The van der Waals surface area contributed by atoms with Gasteiger partial charge in [-0.05, 0) is 12.5 Å². The Morgan fingerprint density at radius 2 is 2.25 bits per heavy atom. The number of hydrogen-bond donors (Lipinski definition) is 5. The van der Waals surface area contributed by atoms with E-state index in [0.717, 1.165) is 0 Å². The van der Waals surface area contributed by atoms with Gasteiger partial charge in [0.15, 0.2) is 0 Å². The van der Waals surface area contributed by atoms with Gasteiger partial charge in [0.1, 0.15) is 18.3 Å². The highest BCUT2D eigenvalue weighted by atomic mass is 16.5. The summed E-state index contributed by atoms with van der Waals surface area (Å²) in [6.45, 7) is -0.653. The van der Waals surface area contributed by atoms with Crippen LogP contribution in [0.4, 0.5) is 0 Å². The maximum absolute atomic E-state index is 10.6. The molecule has 1 rings (SSSR count). The van der Waals surface area contributed by atoms with E-state index in [1.54, 1.807) is 0 Å². The van der Waals surface area contributed by atoms with Crippen molar-refractivity contribution >= 4 is 5.97 Å². The lowest BCUT2D eigenvalue weighted by atomic mass is 9.97. The molecule has 0 unspecified atom stereocenters. The van der Waals surface area contributed by atoms with Gasteiger partial charge < -0.3 is 30.9 Å². The molecule has 0 aromatic rings. The van der Waals surface area contributed by atoms with Crippen molar-refractivity contribution in [3.63, 3.8) is 0 Å². The summed E-state index contributed by atoms with van der Waals surface area (Å²) in [5.41, 5.74) is 5.62. The summed E-state index contributed by atoms with van der Waals surface area (Å²) in [6, 6.07) is -0.626. The predicted octanol–water partition coefficient (Wildman–Crippen LogP) is -2.21. The first-order valence-corrected chi connectivity index (χ1v) is 4.80. The minimum atomic E-state index is -1.43. The van der Waals surface area contributed by atoms with Crippen molar-refractivity contribution < 1.29 is 30.0 Å². The third kappa shape index (κ3) is 2.70. The van der Waals surface area contributed by atoms with Crippen LogP contribution in [0.5, 0.6) is 0 Å². The Morgan fingerprint density at radius 1 is 1.62 bits per heavy atom. The zero-order valence-corrected chi connectivity index (χ0v) is 8.48. The van der Waals surface area contributed by atoms with Crippen LogP contribution in [0.2, 0.25) is 0 Å². The topological polar surface area (TPSA) is 133 Å². The lowest BCUT2D eigenvalue weighted by molar-refractivity contribution is -0.143. The zero-order chi connectivity index (χ0) is 12.3. The minimum Gasteiger partial charge on any atom is -0.479 e. The Labute approximate surface area is 91.8 Å². The molecule has 92 valence electrons. The van der Waals surface area contributed by atoms with Crippen LogP contribution in [0.25, 0.3) is 0 Å². The SMILES string of the molecule is N[C@@H]1CC=C(C(=O)O)O[C@H]1[C@H](O)[C@H](O)CO. The number of aliphatic hydroxyl groups is 3. The van der Waals surface area contributed by atoms with Crippen molar-refractivity contribution in [2.75, 3.05) is 6.61 Å². The molecule has 0 radical (unpaired) electrons.